The number of alkyl halides is 6. The molecular weight excluding hydrogens is 520 g/mol. The minimum absolute atomic E-state index is 0.0327. The van der Waals surface area contributed by atoms with E-state index in [0.29, 0.717) is 30.9 Å². The Labute approximate surface area is 215 Å². The standard InChI is InChI=1S/C26H27F6NO5/c1-15(25(27,28)29)38-21-7-4-16(9-20(21)26(30,31)32)13-36-19-6-5-18-8-17(14-37-22(18)10-19)11-24(2,33)12-23(34)35-3/h4-10,15H,11-14,33H2,1-3H3/t15-,24?/m0/s1. The molecule has 1 aliphatic heterocycles. The van der Waals surface area contributed by atoms with E-state index in [0.717, 1.165) is 17.2 Å². The molecule has 2 aromatic rings. The van der Waals surface area contributed by atoms with Crippen molar-refractivity contribution in [2.24, 2.45) is 5.73 Å². The van der Waals surface area contributed by atoms with Crippen LogP contribution in [-0.4, -0.2) is 37.5 Å². The highest BCUT2D eigenvalue weighted by molar-refractivity contribution is 5.71. The zero-order chi connectivity index (χ0) is 28.3. The van der Waals surface area contributed by atoms with Crippen LogP contribution in [0.3, 0.4) is 0 Å². The van der Waals surface area contributed by atoms with E-state index in [-0.39, 0.29) is 25.2 Å². The van der Waals surface area contributed by atoms with Crippen molar-refractivity contribution in [2.75, 3.05) is 13.7 Å². The summed E-state index contributed by atoms with van der Waals surface area (Å²) in [4.78, 5) is 11.6. The molecule has 208 valence electrons. The zero-order valence-corrected chi connectivity index (χ0v) is 20.8. The summed E-state index contributed by atoms with van der Waals surface area (Å²) < 4.78 is 99.3. The predicted molar refractivity (Wildman–Crippen MR) is 126 cm³/mol. The number of nitrogens with two attached hydrogens (primary N) is 1. The fourth-order valence-electron chi connectivity index (χ4n) is 3.78. The maximum Gasteiger partial charge on any atom is 0.425 e. The van der Waals surface area contributed by atoms with Gasteiger partial charge in [-0.05, 0) is 61.7 Å². The Morgan fingerprint density at radius 1 is 1.11 bits per heavy atom. The minimum Gasteiger partial charge on any atom is -0.489 e. The van der Waals surface area contributed by atoms with Crippen molar-refractivity contribution >= 4 is 12.0 Å². The largest absolute Gasteiger partial charge is 0.489 e. The second-order valence-electron chi connectivity index (χ2n) is 9.29. The van der Waals surface area contributed by atoms with Crippen molar-refractivity contribution in [3.63, 3.8) is 0 Å². The van der Waals surface area contributed by atoms with Crippen LogP contribution < -0.4 is 19.9 Å². The lowest BCUT2D eigenvalue weighted by molar-refractivity contribution is -0.191. The monoisotopic (exact) mass is 547 g/mol. The van der Waals surface area contributed by atoms with Crippen molar-refractivity contribution in [1.82, 2.24) is 0 Å². The Bertz CT molecular complexity index is 1190. The highest BCUT2D eigenvalue weighted by atomic mass is 19.4. The van der Waals surface area contributed by atoms with E-state index < -0.39 is 41.3 Å². The van der Waals surface area contributed by atoms with E-state index >= 15 is 0 Å². The number of ether oxygens (including phenoxy) is 4. The number of rotatable bonds is 9. The van der Waals surface area contributed by atoms with Crippen LogP contribution >= 0.6 is 0 Å². The number of carbonyl (C=O) groups is 1. The fraction of sp³-hybridized carbons (Fsp3) is 0.423. The molecule has 1 heterocycles. The Balaban J connectivity index is 1.70. The van der Waals surface area contributed by atoms with Gasteiger partial charge < -0.3 is 24.7 Å². The maximum absolute atomic E-state index is 13.5. The lowest BCUT2D eigenvalue weighted by Crippen LogP contribution is -2.40. The number of hydrogen-bond acceptors (Lipinski definition) is 6. The van der Waals surface area contributed by atoms with Crippen LogP contribution in [0.4, 0.5) is 26.3 Å². The highest BCUT2D eigenvalue weighted by Crippen LogP contribution is 2.39. The number of fused-ring (bicyclic) bond motifs is 1. The molecule has 6 nitrogen and oxygen atoms in total. The van der Waals surface area contributed by atoms with Gasteiger partial charge in [-0.3, -0.25) is 4.79 Å². The van der Waals surface area contributed by atoms with Gasteiger partial charge in [0.05, 0.1) is 19.1 Å². The molecule has 1 aliphatic rings. The molecule has 3 rings (SSSR count). The second-order valence-corrected chi connectivity index (χ2v) is 9.29. The lowest BCUT2D eigenvalue weighted by atomic mass is 9.89. The van der Waals surface area contributed by atoms with Gasteiger partial charge in [-0.15, -0.1) is 0 Å². The molecule has 0 aromatic heterocycles. The molecule has 0 radical (unpaired) electrons. The number of hydrogen-bond donors (Lipinski definition) is 1. The molecule has 38 heavy (non-hydrogen) atoms. The molecule has 0 spiro atoms. The van der Waals surface area contributed by atoms with Crippen LogP contribution in [0, 0.1) is 0 Å². The van der Waals surface area contributed by atoms with E-state index in [1.165, 1.54) is 13.2 Å². The summed E-state index contributed by atoms with van der Waals surface area (Å²) in [5, 5.41) is 0. The summed E-state index contributed by atoms with van der Waals surface area (Å²) in [6, 6.07) is 7.62. The molecule has 0 saturated heterocycles. The highest BCUT2D eigenvalue weighted by Gasteiger charge is 2.41. The van der Waals surface area contributed by atoms with Crippen LogP contribution in [0.1, 0.15) is 43.4 Å². The van der Waals surface area contributed by atoms with Gasteiger partial charge in [0.2, 0.25) is 0 Å². The first-order valence-electron chi connectivity index (χ1n) is 11.5. The first-order chi connectivity index (χ1) is 17.6. The van der Waals surface area contributed by atoms with Crippen molar-refractivity contribution in [3.05, 3.63) is 58.7 Å². The molecule has 12 heteroatoms. The Kier molecular flexibility index (Phi) is 8.55. The molecular formula is C26H27F6NO5. The van der Waals surface area contributed by atoms with Gasteiger partial charge in [0.1, 0.15) is 30.5 Å². The van der Waals surface area contributed by atoms with E-state index in [9.17, 15) is 31.1 Å². The van der Waals surface area contributed by atoms with Gasteiger partial charge in [-0.25, -0.2) is 0 Å². The maximum atomic E-state index is 13.5. The fourth-order valence-corrected chi connectivity index (χ4v) is 3.78. The lowest BCUT2D eigenvalue weighted by Gasteiger charge is -2.27. The number of benzene rings is 2. The normalized spacial score (nSPS) is 15.9. The summed E-state index contributed by atoms with van der Waals surface area (Å²) in [6.07, 6.45) is -9.86. The average Bonchev–Trinajstić information content (AvgIpc) is 2.81. The van der Waals surface area contributed by atoms with Crippen LogP contribution in [-0.2, 0) is 22.3 Å². The third-order valence-corrected chi connectivity index (χ3v) is 5.68. The smallest absolute Gasteiger partial charge is 0.425 e. The third kappa shape index (κ3) is 7.80. The molecule has 0 saturated carbocycles. The van der Waals surface area contributed by atoms with Crippen LogP contribution in [0.5, 0.6) is 17.2 Å². The third-order valence-electron chi connectivity index (χ3n) is 5.68. The summed E-state index contributed by atoms with van der Waals surface area (Å²) in [6.45, 7) is 2.30. The quantitative estimate of drug-likeness (QED) is 0.304. The molecule has 2 atom stereocenters. The van der Waals surface area contributed by atoms with Gasteiger partial charge in [0, 0.05) is 17.2 Å². The van der Waals surface area contributed by atoms with E-state index in [4.69, 9.17) is 15.2 Å². The SMILES string of the molecule is COC(=O)CC(C)(N)CC1=Cc2ccc(OCc3ccc(O[C@@H](C)C(F)(F)F)c(C(F)(F)F)c3)cc2OC1. The number of methoxy groups -OCH3 is 1. The van der Waals surface area contributed by atoms with Crippen LogP contribution in [0.25, 0.3) is 6.08 Å². The Morgan fingerprint density at radius 3 is 2.45 bits per heavy atom. The number of halogens is 6. The Hall–Kier alpha value is -3.41. The minimum atomic E-state index is -4.93. The molecule has 2 aromatic carbocycles. The van der Waals surface area contributed by atoms with Crippen molar-refractivity contribution in [1.29, 1.82) is 0 Å². The van der Waals surface area contributed by atoms with Crippen LogP contribution in [0.15, 0.2) is 42.0 Å². The molecule has 0 bridgehead atoms. The molecule has 1 unspecified atom stereocenters. The summed E-state index contributed by atoms with van der Waals surface area (Å²) in [5.41, 5.74) is 5.72. The van der Waals surface area contributed by atoms with E-state index in [2.05, 4.69) is 9.47 Å². The van der Waals surface area contributed by atoms with Gasteiger partial charge in [0.25, 0.3) is 0 Å². The number of esters is 1. The predicted octanol–water partition coefficient (Wildman–Crippen LogP) is 6.06. The van der Waals surface area contributed by atoms with Crippen molar-refractivity contribution in [3.8, 4) is 17.2 Å². The Morgan fingerprint density at radius 2 is 1.82 bits per heavy atom. The zero-order valence-electron chi connectivity index (χ0n) is 20.8. The topological polar surface area (TPSA) is 80.0 Å². The molecule has 2 N–H and O–H groups in total. The van der Waals surface area contributed by atoms with Gasteiger partial charge >= 0.3 is 18.3 Å². The van der Waals surface area contributed by atoms with Crippen molar-refractivity contribution in [2.45, 2.75) is 57.3 Å². The van der Waals surface area contributed by atoms with Crippen molar-refractivity contribution < 1.29 is 50.1 Å². The second kappa shape index (κ2) is 11.1. The van der Waals surface area contributed by atoms with Gasteiger partial charge in [0.15, 0.2) is 6.10 Å². The number of carbonyl (C=O) groups excluding carboxylic acids is 1. The average molecular weight is 547 g/mol. The molecule has 0 fully saturated rings. The van der Waals surface area contributed by atoms with E-state index in [1.54, 1.807) is 25.1 Å². The van der Waals surface area contributed by atoms with E-state index in [1.807, 2.05) is 6.08 Å². The van der Waals surface area contributed by atoms with Gasteiger partial charge in [-0.2, -0.15) is 26.3 Å². The first kappa shape index (κ1) is 29.2. The first-order valence-corrected chi connectivity index (χ1v) is 11.5. The van der Waals surface area contributed by atoms with Gasteiger partial charge in [-0.1, -0.05) is 6.07 Å². The summed E-state index contributed by atoms with van der Waals surface area (Å²) in [7, 11) is 1.29. The molecule has 0 aliphatic carbocycles. The molecule has 0 amide bonds. The summed E-state index contributed by atoms with van der Waals surface area (Å²) in [5.74, 6) is -0.542. The van der Waals surface area contributed by atoms with Crippen LogP contribution in [0.2, 0.25) is 0 Å². The summed E-state index contributed by atoms with van der Waals surface area (Å²) >= 11 is 0.